The zero-order valence-electron chi connectivity index (χ0n) is 17.4. The molecule has 5 fully saturated rings. The number of ketones is 1. The number of morpholine rings is 1. The minimum absolute atomic E-state index is 0.0339. The van der Waals surface area contributed by atoms with Gasteiger partial charge in [-0.3, -0.25) is 9.69 Å². The predicted molar refractivity (Wildman–Crippen MR) is 114 cm³/mol. The molecule has 4 heteroatoms. The van der Waals surface area contributed by atoms with Crippen molar-refractivity contribution in [3.63, 3.8) is 0 Å². The van der Waals surface area contributed by atoms with Crippen molar-refractivity contribution in [3.8, 4) is 5.75 Å². The van der Waals surface area contributed by atoms with Crippen LogP contribution in [0.25, 0.3) is 6.08 Å². The van der Waals surface area contributed by atoms with Crippen LogP contribution in [0.2, 0.25) is 0 Å². The van der Waals surface area contributed by atoms with E-state index >= 15 is 0 Å². The van der Waals surface area contributed by atoms with E-state index in [-0.39, 0.29) is 5.41 Å². The van der Waals surface area contributed by atoms with E-state index in [4.69, 9.17) is 9.47 Å². The van der Waals surface area contributed by atoms with Gasteiger partial charge in [0.05, 0.1) is 13.2 Å². The zero-order valence-corrected chi connectivity index (χ0v) is 17.4. The number of ether oxygens (including phenoxy) is 2. The molecule has 156 valence electrons. The van der Waals surface area contributed by atoms with Gasteiger partial charge in [-0.25, -0.2) is 0 Å². The first-order valence-electron chi connectivity index (χ1n) is 11.4. The van der Waals surface area contributed by atoms with Crippen molar-refractivity contribution in [2.45, 2.75) is 38.5 Å². The Kier molecular flexibility index (Phi) is 5.49. The third-order valence-corrected chi connectivity index (χ3v) is 7.65. The Morgan fingerprint density at radius 1 is 1.03 bits per heavy atom. The van der Waals surface area contributed by atoms with Crippen LogP contribution >= 0.6 is 0 Å². The van der Waals surface area contributed by atoms with E-state index in [1.54, 1.807) is 0 Å². The third kappa shape index (κ3) is 4.29. The second-order valence-corrected chi connectivity index (χ2v) is 9.77. The van der Waals surface area contributed by atoms with E-state index in [1.165, 1.54) is 19.3 Å². The van der Waals surface area contributed by atoms with Crippen molar-refractivity contribution < 1.29 is 14.3 Å². The molecule has 1 aromatic carbocycles. The SMILES string of the molecule is O=C(/C=C/c1ccc(OCCN2CCOCC2)cc1)C12CC3CC(CC(C3)C1)C2. The minimum Gasteiger partial charge on any atom is -0.492 e. The summed E-state index contributed by atoms with van der Waals surface area (Å²) >= 11 is 0. The van der Waals surface area contributed by atoms with Crippen LogP contribution in [0.5, 0.6) is 5.75 Å². The standard InChI is InChI=1S/C25H33NO3/c27-24(25-16-20-13-21(17-25)15-22(14-20)18-25)6-3-19-1-4-23(5-2-19)29-12-9-26-7-10-28-11-8-26/h1-6,20-22H,7-18H2/b6-3+. The fourth-order valence-corrected chi connectivity index (χ4v) is 6.55. The molecule has 1 aliphatic heterocycles. The van der Waals surface area contributed by atoms with E-state index in [2.05, 4.69) is 4.90 Å². The maximum absolute atomic E-state index is 13.1. The van der Waals surface area contributed by atoms with E-state index < -0.39 is 0 Å². The summed E-state index contributed by atoms with van der Waals surface area (Å²) < 4.78 is 11.3. The molecule has 4 aliphatic carbocycles. The van der Waals surface area contributed by atoms with Crippen LogP contribution < -0.4 is 4.74 Å². The first-order chi connectivity index (χ1) is 14.2. The fraction of sp³-hybridized carbons (Fsp3) is 0.640. The van der Waals surface area contributed by atoms with Gasteiger partial charge in [0, 0.05) is 25.0 Å². The molecule has 0 spiro atoms. The number of rotatable bonds is 7. The lowest BCUT2D eigenvalue weighted by atomic mass is 9.48. The Morgan fingerprint density at radius 3 is 2.28 bits per heavy atom. The summed E-state index contributed by atoms with van der Waals surface area (Å²) in [6.45, 7) is 5.26. The Bertz CT molecular complexity index is 713. The summed E-state index contributed by atoms with van der Waals surface area (Å²) in [6.07, 6.45) is 11.4. The topological polar surface area (TPSA) is 38.8 Å². The lowest BCUT2D eigenvalue weighted by Crippen LogP contribution is -2.49. The smallest absolute Gasteiger partial charge is 0.161 e. The molecule has 0 amide bonds. The molecule has 0 unspecified atom stereocenters. The number of carbonyl (C=O) groups is 1. The van der Waals surface area contributed by atoms with E-state index in [9.17, 15) is 4.79 Å². The van der Waals surface area contributed by atoms with Crippen molar-refractivity contribution >= 4 is 11.9 Å². The Labute approximate surface area is 174 Å². The Hall–Kier alpha value is -1.65. The van der Waals surface area contributed by atoms with Crippen LogP contribution in [0.4, 0.5) is 0 Å². The predicted octanol–water partition coefficient (Wildman–Crippen LogP) is 4.20. The van der Waals surface area contributed by atoms with Crippen molar-refractivity contribution in [2.24, 2.45) is 23.2 Å². The van der Waals surface area contributed by atoms with Crippen LogP contribution in [0.3, 0.4) is 0 Å². The van der Waals surface area contributed by atoms with Gasteiger partial charge in [-0.05, 0) is 80.1 Å². The van der Waals surface area contributed by atoms with E-state index in [1.807, 2.05) is 36.4 Å². The van der Waals surface area contributed by atoms with Crippen LogP contribution in [-0.4, -0.2) is 50.1 Å². The van der Waals surface area contributed by atoms with Crippen molar-refractivity contribution in [1.29, 1.82) is 0 Å². The summed E-state index contributed by atoms with van der Waals surface area (Å²) in [7, 11) is 0. The highest BCUT2D eigenvalue weighted by Gasteiger charge is 2.53. The molecule has 4 saturated carbocycles. The van der Waals surface area contributed by atoms with Gasteiger partial charge in [-0.1, -0.05) is 18.2 Å². The molecule has 4 nitrogen and oxygen atoms in total. The molecule has 1 heterocycles. The van der Waals surface area contributed by atoms with Gasteiger partial charge in [0.1, 0.15) is 12.4 Å². The van der Waals surface area contributed by atoms with Gasteiger partial charge in [-0.15, -0.1) is 0 Å². The quantitative estimate of drug-likeness (QED) is 0.649. The van der Waals surface area contributed by atoms with Gasteiger partial charge in [-0.2, -0.15) is 0 Å². The maximum atomic E-state index is 13.1. The number of allylic oxidation sites excluding steroid dienone is 1. The molecule has 0 radical (unpaired) electrons. The summed E-state index contributed by atoms with van der Waals surface area (Å²) in [5.41, 5.74) is 1.04. The summed E-state index contributed by atoms with van der Waals surface area (Å²) in [4.78, 5) is 15.5. The lowest BCUT2D eigenvalue weighted by molar-refractivity contribution is -0.138. The molecule has 4 bridgehead atoms. The zero-order chi connectivity index (χ0) is 19.7. The van der Waals surface area contributed by atoms with Crippen LogP contribution in [0, 0.1) is 23.2 Å². The first-order valence-corrected chi connectivity index (χ1v) is 11.4. The Balaban J connectivity index is 1.14. The molecule has 0 atom stereocenters. The third-order valence-electron chi connectivity index (χ3n) is 7.65. The minimum atomic E-state index is -0.0339. The van der Waals surface area contributed by atoms with Gasteiger partial charge in [0.25, 0.3) is 0 Å². The van der Waals surface area contributed by atoms with E-state index in [0.717, 1.165) is 81.2 Å². The van der Waals surface area contributed by atoms with Gasteiger partial charge in [0.15, 0.2) is 5.78 Å². The number of benzene rings is 1. The molecule has 29 heavy (non-hydrogen) atoms. The molecule has 5 aliphatic rings. The molecule has 6 rings (SSSR count). The van der Waals surface area contributed by atoms with Crippen molar-refractivity contribution in [2.75, 3.05) is 39.5 Å². The lowest BCUT2D eigenvalue weighted by Gasteiger charge is -2.55. The highest BCUT2D eigenvalue weighted by molar-refractivity contribution is 5.98. The average molecular weight is 396 g/mol. The number of carbonyl (C=O) groups excluding carboxylic acids is 1. The Morgan fingerprint density at radius 2 is 1.66 bits per heavy atom. The molecular formula is C25H33NO3. The number of hydrogen-bond acceptors (Lipinski definition) is 4. The molecule has 1 saturated heterocycles. The molecule has 1 aromatic rings. The summed E-state index contributed by atoms with van der Waals surface area (Å²) in [5, 5.41) is 0. The second-order valence-electron chi connectivity index (χ2n) is 9.77. The van der Waals surface area contributed by atoms with E-state index in [0.29, 0.717) is 12.4 Å². The molecular weight excluding hydrogens is 362 g/mol. The highest BCUT2D eigenvalue weighted by atomic mass is 16.5. The van der Waals surface area contributed by atoms with Crippen molar-refractivity contribution in [1.82, 2.24) is 4.90 Å². The molecule has 0 aromatic heterocycles. The van der Waals surface area contributed by atoms with Gasteiger partial charge < -0.3 is 9.47 Å². The van der Waals surface area contributed by atoms with Crippen LogP contribution in [-0.2, 0) is 9.53 Å². The number of hydrogen-bond donors (Lipinski definition) is 0. The van der Waals surface area contributed by atoms with Crippen LogP contribution in [0.15, 0.2) is 30.3 Å². The normalized spacial score (nSPS) is 34.0. The first kappa shape index (κ1) is 19.3. The fourth-order valence-electron chi connectivity index (χ4n) is 6.55. The van der Waals surface area contributed by atoms with Crippen molar-refractivity contribution in [3.05, 3.63) is 35.9 Å². The van der Waals surface area contributed by atoms with Crippen LogP contribution in [0.1, 0.15) is 44.1 Å². The highest BCUT2D eigenvalue weighted by Crippen LogP contribution is 2.60. The average Bonchev–Trinajstić information content (AvgIpc) is 2.73. The summed E-state index contributed by atoms with van der Waals surface area (Å²) in [6, 6.07) is 8.11. The summed E-state index contributed by atoms with van der Waals surface area (Å²) in [5.74, 6) is 3.71. The largest absolute Gasteiger partial charge is 0.492 e. The van der Waals surface area contributed by atoms with Gasteiger partial charge >= 0.3 is 0 Å². The molecule has 0 N–H and O–H groups in total. The monoisotopic (exact) mass is 395 g/mol. The van der Waals surface area contributed by atoms with Gasteiger partial charge in [0.2, 0.25) is 0 Å². The maximum Gasteiger partial charge on any atom is 0.161 e. The second kappa shape index (κ2) is 8.23. The number of nitrogens with zero attached hydrogens (tertiary/aromatic N) is 1.